The smallest absolute Gasteiger partial charge is 0.218 e. The third-order valence-electron chi connectivity index (χ3n) is 3.74. The van der Waals surface area contributed by atoms with E-state index in [-0.39, 0.29) is 0 Å². The first-order chi connectivity index (χ1) is 12.1. The maximum absolute atomic E-state index is 5.27. The Morgan fingerprint density at radius 1 is 1.32 bits per heavy atom. The number of ether oxygens (including phenoxy) is 1. The van der Waals surface area contributed by atoms with E-state index in [1.54, 1.807) is 13.3 Å². The molecule has 2 heterocycles. The van der Waals surface area contributed by atoms with Gasteiger partial charge in [0.05, 0.1) is 19.3 Å². The van der Waals surface area contributed by atoms with Crippen LogP contribution in [0.2, 0.25) is 0 Å². The van der Waals surface area contributed by atoms with Crippen molar-refractivity contribution in [2.45, 2.75) is 40.3 Å². The van der Waals surface area contributed by atoms with E-state index in [2.05, 4.69) is 45.6 Å². The van der Waals surface area contributed by atoms with Gasteiger partial charge in [-0.2, -0.15) is 5.10 Å². The number of rotatable bonds is 8. The summed E-state index contributed by atoms with van der Waals surface area (Å²) in [6, 6.07) is 5.96. The highest BCUT2D eigenvalue weighted by Crippen LogP contribution is 2.14. The van der Waals surface area contributed by atoms with Gasteiger partial charge in [-0.25, -0.2) is 9.98 Å². The third kappa shape index (κ3) is 5.77. The van der Waals surface area contributed by atoms with Crippen LogP contribution >= 0.6 is 0 Å². The van der Waals surface area contributed by atoms with Crippen molar-refractivity contribution in [3.05, 3.63) is 41.3 Å². The van der Waals surface area contributed by atoms with Crippen LogP contribution in [0.4, 0.5) is 0 Å². The number of hydrogen-bond donors (Lipinski definition) is 2. The maximum atomic E-state index is 5.27. The highest BCUT2D eigenvalue weighted by Gasteiger charge is 2.04. The molecule has 0 fully saturated rings. The Morgan fingerprint density at radius 3 is 2.84 bits per heavy atom. The van der Waals surface area contributed by atoms with E-state index in [9.17, 15) is 0 Å². The van der Waals surface area contributed by atoms with Crippen molar-refractivity contribution in [1.29, 1.82) is 0 Å². The fourth-order valence-corrected chi connectivity index (χ4v) is 2.57. The monoisotopic (exact) mass is 344 g/mol. The molecule has 0 radical (unpaired) electrons. The number of methoxy groups -OCH3 is 1. The Bertz CT molecular complexity index is 695. The second-order valence-corrected chi connectivity index (χ2v) is 5.80. The van der Waals surface area contributed by atoms with Crippen LogP contribution in [0, 0.1) is 13.8 Å². The summed E-state index contributed by atoms with van der Waals surface area (Å²) in [5, 5.41) is 11.1. The SMILES string of the molecule is CCNC(=NCc1cccnc1OC)NCCCn1nc(C)cc1C. The highest BCUT2D eigenvalue weighted by molar-refractivity contribution is 5.79. The van der Waals surface area contributed by atoms with Crippen molar-refractivity contribution in [2.24, 2.45) is 4.99 Å². The zero-order chi connectivity index (χ0) is 18.1. The summed E-state index contributed by atoms with van der Waals surface area (Å²) in [4.78, 5) is 8.81. The number of aromatic nitrogens is 3. The van der Waals surface area contributed by atoms with Gasteiger partial charge in [-0.3, -0.25) is 4.68 Å². The van der Waals surface area contributed by atoms with E-state index in [0.717, 1.165) is 43.3 Å². The van der Waals surface area contributed by atoms with Crippen LogP contribution in [0.15, 0.2) is 29.4 Å². The molecule has 0 amide bonds. The number of aliphatic imine (C=N–C) groups is 1. The number of nitrogens with zero attached hydrogens (tertiary/aromatic N) is 4. The molecule has 2 aromatic rings. The van der Waals surface area contributed by atoms with Gasteiger partial charge >= 0.3 is 0 Å². The molecule has 0 aliphatic heterocycles. The summed E-state index contributed by atoms with van der Waals surface area (Å²) in [6.07, 6.45) is 2.69. The van der Waals surface area contributed by atoms with Crippen molar-refractivity contribution in [1.82, 2.24) is 25.4 Å². The zero-order valence-electron chi connectivity index (χ0n) is 15.5. The van der Waals surface area contributed by atoms with Crippen molar-refractivity contribution >= 4 is 5.96 Å². The van der Waals surface area contributed by atoms with Gasteiger partial charge in [-0.05, 0) is 39.3 Å². The molecule has 0 saturated carbocycles. The van der Waals surface area contributed by atoms with Crippen molar-refractivity contribution < 1.29 is 4.74 Å². The lowest BCUT2D eigenvalue weighted by Gasteiger charge is -2.12. The van der Waals surface area contributed by atoms with E-state index >= 15 is 0 Å². The molecule has 0 saturated heterocycles. The molecule has 0 spiro atoms. The Balaban J connectivity index is 1.86. The van der Waals surface area contributed by atoms with E-state index in [4.69, 9.17) is 4.74 Å². The molecular weight excluding hydrogens is 316 g/mol. The Morgan fingerprint density at radius 2 is 2.16 bits per heavy atom. The number of aryl methyl sites for hydroxylation is 3. The Labute approximate surface area is 149 Å². The molecular formula is C18H28N6O. The molecule has 0 aromatic carbocycles. The first-order valence-corrected chi connectivity index (χ1v) is 8.65. The summed E-state index contributed by atoms with van der Waals surface area (Å²) in [6.45, 7) is 9.20. The largest absolute Gasteiger partial charge is 0.481 e. The van der Waals surface area contributed by atoms with Crippen molar-refractivity contribution in [3.63, 3.8) is 0 Å². The summed E-state index contributed by atoms with van der Waals surface area (Å²) >= 11 is 0. The molecule has 136 valence electrons. The van der Waals surface area contributed by atoms with Gasteiger partial charge in [0.25, 0.3) is 0 Å². The molecule has 7 heteroatoms. The molecule has 25 heavy (non-hydrogen) atoms. The zero-order valence-corrected chi connectivity index (χ0v) is 15.5. The van der Waals surface area contributed by atoms with E-state index in [1.807, 2.05) is 23.7 Å². The minimum Gasteiger partial charge on any atom is -0.481 e. The highest BCUT2D eigenvalue weighted by atomic mass is 16.5. The molecule has 2 N–H and O–H groups in total. The van der Waals surface area contributed by atoms with Gasteiger partial charge in [0, 0.05) is 37.1 Å². The fourth-order valence-electron chi connectivity index (χ4n) is 2.57. The average molecular weight is 344 g/mol. The van der Waals surface area contributed by atoms with Crippen LogP contribution in [0.25, 0.3) is 0 Å². The summed E-state index contributed by atoms with van der Waals surface area (Å²) in [5.74, 6) is 1.41. The minimum absolute atomic E-state index is 0.518. The quantitative estimate of drug-likeness (QED) is 0.435. The van der Waals surface area contributed by atoms with Gasteiger partial charge in [-0.1, -0.05) is 6.07 Å². The third-order valence-corrected chi connectivity index (χ3v) is 3.74. The first kappa shape index (κ1) is 18.8. The second-order valence-electron chi connectivity index (χ2n) is 5.80. The van der Waals surface area contributed by atoms with Gasteiger partial charge in [0.2, 0.25) is 5.88 Å². The maximum Gasteiger partial charge on any atom is 0.218 e. The lowest BCUT2D eigenvalue weighted by atomic mass is 10.3. The number of nitrogens with one attached hydrogen (secondary N) is 2. The van der Waals surface area contributed by atoms with Crippen LogP contribution in [-0.2, 0) is 13.1 Å². The predicted octanol–water partition coefficient (Wildman–Crippen LogP) is 2.05. The van der Waals surface area contributed by atoms with Gasteiger partial charge in [-0.15, -0.1) is 0 Å². The molecule has 2 aromatic heterocycles. The summed E-state index contributed by atoms with van der Waals surface area (Å²) in [7, 11) is 1.62. The average Bonchev–Trinajstić information content (AvgIpc) is 2.94. The fraction of sp³-hybridized carbons (Fsp3) is 0.500. The van der Waals surface area contributed by atoms with Gasteiger partial charge in [0.15, 0.2) is 5.96 Å². The van der Waals surface area contributed by atoms with E-state index < -0.39 is 0 Å². The Kier molecular flexibility index (Phi) is 7.25. The molecule has 0 aliphatic carbocycles. The normalized spacial score (nSPS) is 11.4. The topological polar surface area (TPSA) is 76.4 Å². The van der Waals surface area contributed by atoms with E-state index in [0.29, 0.717) is 12.4 Å². The van der Waals surface area contributed by atoms with Crippen LogP contribution in [0.5, 0.6) is 5.88 Å². The molecule has 7 nitrogen and oxygen atoms in total. The summed E-state index contributed by atoms with van der Waals surface area (Å²) in [5.41, 5.74) is 3.22. The summed E-state index contributed by atoms with van der Waals surface area (Å²) < 4.78 is 7.31. The van der Waals surface area contributed by atoms with E-state index in [1.165, 1.54) is 5.69 Å². The minimum atomic E-state index is 0.518. The van der Waals surface area contributed by atoms with Crippen LogP contribution in [0.3, 0.4) is 0 Å². The first-order valence-electron chi connectivity index (χ1n) is 8.65. The van der Waals surface area contributed by atoms with Crippen LogP contribution < -0.4 is 15.4 Å². The lowest BCUT2D eigenvalue weighted by Crippen LogP contribution is -2.38. The number of guanidine groups is 1. The molecule has 0 atom stereocenters. The van der Waals surface area contributed by atoms with Crippen LogP contribution in [-0.4, -0.2) is 40.9 Å². The lowest BCUT2D eigenvalue weighted by molar-refractivity contribution is 0.392. The number of pyridine rings is 1. The van der Waals surface area contributed by atoms with Crippen molar-refractivity contribution in [2.75, 3.05) is 20.2 Å². The number of hydrogen-bond acceptors (Lipinski definition) is 4. The molecule has 2 rings (SSSR count). The van der Waals surface area contributed by atoms with Crippen LogP contribution in [0.1, 0.15) is 30.3 Å². The second kappa shape index (κ2) is 9.66. The van der Waals surface area contributed by atoms with Gasteiger partial charge < -0.3 is 15.4 Å². The molecule has 0 bridgehead atoms. The van der Waals surface area contributed by atoms with Crippen molar-refractivity contribution in [3.8, 4) is 5.88 Å². The van der Waals surface area contributed by atoms with Gasteiger partial charge in [0.1, 0.15) is 0 Å². The molecule has 0 aliphatic rings. The standard InChI is InChI=1S/C18H28N6O/c1-5-19-18(22-13-16-8-6-9-20-17(16)25-4)21-10-7-11-24-15(3)12-14(2)23-24/h6,8-9,12H,5,7,10-11,13H2,1-4H3,(H2,19,21,22). The Hall–Kier alpha value is -2.57. The predicted molar refractivity (Wildman–Crippen MR) is 99.9 cm³/mol. The molecule has 0 unspecified atom stereocenters.